The van der Waals surface area contributed by atoms with E-state index >= 15 is 0 Å². The molecular formula is C19H39IN4O2. The van der Waals surface area contributed by atoms with Crippen molar-refractivity contribution in [1.82, 2.24) is 15.1 Å². The molecule has 0 bridgehead atoms. The molecule has 1 unspecified atom stereocenters. The van der Waals surface area contributed by atoms with Gasteiger partial charge in [-0.05, 0) is 51.1 Å². The minimum absolute atomic E-state index is 0. The summed E-state index contributed by atoms with van der Waals surface area (Å²) in [7, 11) is 3.63. The van der Waals surface area contributed by atoms with E-state index in [0.29, 0.717) is 12.0 Å². The number of methoxy groups -OCH3 is 1. The largest absolute Gasteiger partial charge is 0.385 e. The minimum Gasteiger partial charge on any atom is -0.385 e. The highest BCUT2D eigenvalue weighted by molar-refractivity contribution is 14.0. The SMILES string of the molecule is CN=C(NCC(C)CN1CCCC1)N1CCC(OCCCOC)CC1.I. The number of hydrogen-bond acceptors (Lipinski definition) is 4. The van der Waals surface area contributed by atoms with Crippen molar-refractivity contribution in [3.05, 3.63) is 0 Å². The van der Waals surface area contributed by atoms with Crippen LogP contribution in [0.3, 0.4) is 0 Å². The minimum atomic E-state index is 0. The van der Waals surface area contributed by atoms with Crippen molar-refractivity contribution in [3.8, 4) is 0 Å². The molecule has 2 fully saturated rings. The molecule has 2 aliphatic rings. The van der Waals surface area contributed by atoms with Crippen LogP contribution < -0.4 is 5.32 Å². The van der Waals surface area contributed by atoms with Gasteiger partial charge in [0, 0.05) is 53.6 Å². The Hall–Kier alpha value is -0.120. The molecule has 7 heteroatoms. The lowest BCUT2D eigenvalue weighted by atomic mass is 10.1. The topological polar surface area (TPSA) is 49.3 Å². The Kier molecular flexibility index (Phi) is 12.8. The van der Waals surface area contributed by atoms with E-state index in [9.17, 15) is 0 Å². The molecule has 0 radical (unpaired) electrons. The number of likely N-dealkylation sites (tertiary alicyclic amines) is 2. The fourth-order valence-corrected chi connectivity index (χ4v) is 3.76. The van der Waals surface area contributed by atoms with Crippen molar-refractivity contribution < 1.29 is 9.47 Å². The molecule has 0 aromatic carbocycles. The molecule has 2 saturated heterocycles. The summed E-state index contributed by atoms with van der Waals surface area (Å²) < 4.78 is 11.0. The lowest BCUT2D eigenvalue weighted by molar-refractivity contribution is 0.00988. The van der Waals surface area contributed by atoms with E-state index in [1.54, 1.807) is 7.11 Å². The van der Waals surface area contributed by atoms with Gasteiger partial charge in [0.25, 0.3) is 0 Å². The summed E-state index contributed by atoms with van der Waals surface area (Å²) in [5, 5.41) is 3.58. The standard InChI is InChI=1S/C19H38N4O2.HI/c1-17(16-22-9-4-5-10-22)15-21-19(20-2)23-11-7-18(8-12-23)25-14-6-13-24-3;/h17-18H,4-16H2,1-3H3,(H,20,21);1H. The molecule has 0 aromatic rings. The summed E-state index contributed by atoms with van der Waals surface area (Å²) in [6, 6.07) is 0. The Balaban J connectivity index is 0.00000338. The van der Waals surface area contributed by atoms with Crippen LogP contribution in [-0.4, -0.2) is 88.5 Å². The zero-order valence-corrected chi connectivity index (χ0v) is 19.2. The highest BCUT2D eigenvalue weighted by Gasteiger charge is 2.22. The monoisotopic (exact) mass is 482 g/mol. The van der Waals surface area contributed by atoms with Crippen LogP contribution in [0.2, 0.25) is 0 Å². The lowest BCUT2D eigenvalue weighted by Gasteiger charge is -2.34. The second-order valence-corrected chi connectivity index (χ2v) is 7.44. The Morgan fingerprint density at radius 1 is 1.15 bits per heavy atom. The second-order valence-electron chi connectivity index (χ2n) is 7.44. The Labute approximate surface area is 177 Å². The smallest absolute Gasteiger partial charge is 0.193 e. The number of aliphatic imine (C=N–C) groups is 1. The van der Waals surface area contributed by atoms with Crippen LogP contribution in [-0.2, 0) is 9.47 Å². The summed E-state index contributed by atoms with van der Waals surface area (Å²) in [6.45, 7) is 10.7. The Morgan fingerprint density at radius 2 is 1.85 bits per heavy atom. The summed E-state index contributed by atoms with van der Waals surface area (Å²) in [6.07, 6.45) is 6.26. The van der Waals surface area contributed by atoms with E-state index in [2.05, 4.69) is 27.0 Å². The quantitative estimate of drug-likeness (QED) is 0.237. The highest BCUT2D eigenvalue weighted by atomic mass is 127. The average Bonchev–Trinajstić information content (AvgIpc) is 3.13. The lowest BCUT2D eigenvalue weighted by Crippen LogP contribution is -2.48. The molecule has 0 aliphatic carbocycles. The van der Waals surface area contributed by atoms with Gasteiger partial charge < -0.3 is 24.6 Å². The fraction of sp³-hybridized carbons (Fsp3) is 0.947. The molecule has 1 N–H and O–H groups in total. The molecular weight excluding hydrogens is 443 g/mol. The van der Waals surface area contributed by atoms with E-state index < -0.39 is 0 Å². The number of guanidine groups is 1. The van der Waals surface area contributed by atoms with Crippen LogP contribution in [0.25, 0.3) is 0 Å². The van der Waals surface area contributed by atoms with Gasteiger partial charge in [-0.1, -0.05) is 6.92 Å². The molecule has 0 aromatic heterocycles. The molecule has 1 atom stereocenters. The van der Waals surface area contributed by atoms with Gasteiger partial charge in [-0.15, -0.1) is 24.0 Å². The summed E-state index contributed by atoms with van der Waals surface area (Å²) >= 11 is 0. The first-order valence-corrected chi connectivity index (χ1v) is 10.0. The van der Waals surface area contributed by atoms with Gasteiger partial charge in [0.1, 0.15) is 0 Å². The van der Waals surface area contributed by atoms with Crippen LogP contribution in [0.1, 0.15) is 39.0 Å². The van der Waals surface area contributed by atoms with Crippen molar-refractivity contribution in [1.29, 1.82) is 0 Å². The maximum absolute atomic E-state index is 5.95. The summed E-state index contributed by atoms with van der Waals surface area (Å²) in [4.78, 5) is 9.44. The number of rotatable bonds is 9. The van der Waals surface area contributed by atoms with E-state index in [4.69, 9.17) is 9.47 Å². The molecule has 2 heterocycles. The number of halogens is 1. The average molecular weight is 482 g/mol. The van der Waals surface area contributed by atoms with Gasteiger partial charge in [-0.2, -0.15) is 0 Å². The normalized spacial score (nSPS) is 20.9. The first-order valence-electron chi connectivity index (χ1n) is 10.0. The van der Waals surface area contributed by atoms with Gasteiger partial charge in [0.2, 0.25) is 0 Å². The van der Waals surface area contributed by atoms with Crippen molar-refractivity contribution in [2.75, 3.05) is 66.6 Å². The van der Waals surface area contributed by atoms with Crippen LogP contribution in [0, 0.1) is 5.92 Å². The number of nitrogens with zero attached hydrogens (tertiary/aromatic N) is 3. The third-order valence-electron chi connectivity index (χ3n) is 5.18. The molecule has 2 aliphatic heterocycles. The number of ether oxygens (including phenoxy) is 2. The summed E-state index contributed by atoms with van der Waals surface area (Å²) in [5.74, 6) is 1.70. The first-order chi connectivity index (χ1) is 12.2. The van der Waals surface area contributed by atoms with Gasteiger partial charge in [-0.3, -0.25) is 4.99 Å². The van der Waals surface area contributed by atoms with Gasteiger partial charge >= 0.3 is 0 Å². The first kappa shape index (κ1) is 23.9. The van der Waals surface area contributed by atoms with E-state index in [-0.39, 0.29) is 24.0 Å². The zero-order chi connectivity index (χ0) is 17.9. The van der Waals surface area contributed by atoms with Gasteiger partial charge in [0.15, 0.2) is 5.96 Å². The Morgan fingerprint density at radius 3 is 2.46 bits per heavy atom. The fourth-order valence-electron chi connectivity index (χ4n) is 3.76. The number of hydrogen-bond donors (Lipinski definition) is 1. The van der Waals surface area contributed by atoms with Crippen molar-refractivity contribution in [2.24, 2.45) is 10.9 Å². The van der Waals surface area contributed by atoms with E-state index in [1.165, 1.54) is 32.5 Å². The van der Waals surface area contributed by atoms with E-state index in [1.807, 2.05) is 7.05 Å². The maximum Gasteiger partial charge on any atom is 0.193 e. The maximum atomic E-state index is 5.95. The van der Waals surface area contributed by atoms with Crippen molar-refractivity contribution in [3.63, 3.8) is 0 Å². The molecule has 26 heavy (non-hydrogen) atoms. The van der Waals surface area contributed by atoms with Crippen LogP contribution in [0.15, 0.2) is 4.99 Å². The molecule has 2 rings (SSSR count). The predicted octanol–water partition coefficient (Wildman–Crippen LogP) is 2.43. The van der Waals surface area contributed by atoms with Crippen LogP contribution in [0.5, 0.6) is 0 Å². The predicted molar refractivity (Wildman–Crippen MR) is 119 cm³/mol. The Bertz CT molecular complexity index is 384. The van der Waals surface area contributed by atoms with Crippen LogP contribution in [0.4, 0.5) is 0 Å². The molecule has 0 amide bonds. The third kappa shape index (κ3) is 8.71. The van der Waals surface area contributed by atoms with Gasteiger partial charge in [0.05, 0.1) is 6.10 Å². The zero-order valence-electron chi connectivity index (χ0n) is 16.9. The third-order valence-corrected chi connectivity index (χ3v) is 5.18. The van der Waals surface area contributed by atoms with Crippen LogP contribution >= 0.6 is 24.0 Å². The van der Waals surface area contributed by atoms with Crippen molar-refractivity contribution >= 4 is 29.9 Å². The molecule has 6 nitrogen and oxygen atoms in total. The second kappa shape index (κ2) is 14.0. The molecule has 0 saturated carbocycles. The summed E-state index contributed by atoms with van der Waals surface area (Å²) in [5.41, 5.74) is 0. The number of nitrogens with one attached hydrogen (secondary N) is 1. The van der Waals surface area contributed by atoms with E-state index in [0.717, 1.165) is 58.1 Å². The van der Waals surface area contributed by atoms with Gasteiger partial charge in [-0.25, -0.2) is 0 Å². The van der Waals surface area contributed by atoms with Crippen molar-refractivity contribution in [2.45, 2.75) is 45.1 Å². The molecule has 154 valence electrons. The highest BCUT2D eigenvalue weighted by Crippen LogP contribution is 2.14. The number of piperidine rings is 1. The molecule has 0 spiro atoms.